The molecule has 0 aromatic heterocycles. The van der Waals surface area contributed by atoms with E-state index in [0.29, 0.717) is 12.2 Å². The fourth-order valence-electron chi connectivity index (χ4n) is 3.55. The van der Waals surface area contributed by atoms with Crippen LogP contribution in [0.25, 0.3) is 0 Å². The molecule has 0 spiro atoms. The third kappa shape index (κ3) is 26.6. The summed E-state index contributed by atoms with van der Waals surface area (Å²) in [6.45, 7) is 12.7. The van der Waals surface area contributed by atoms with Crippen LogP contribution in [0.1, 0.15) is 86.1 Å². The molecular formula is C34H57N7O11. The molecule has 0 saturated carbocycles. The number of carboxylic acid groups (broad SMARTS) is 2. The maximum Gasteiger partial charge on any atom is 0.312 e. The second-order valence-corrected chi connectivity index (χ2v) is 11.8. The molecule has 0 radical (unpaired) electrons. The number of ether oxygens (including phenoxy) is 1. The van der Waals surface area contributed by atoms with Crippen molar-refractivity contribution in [3.8, 4) is 0 Å². The molecular weight excluding hydrogens is 682 g/mol. The predicted molar refractivity (Wildman–Crippen MR) is 193 cm³/mol. The molecule has 10 N–H and O–H groups in total. The van der Waals surface area contributed by atoms with Crippen LogP contribution in [0.2, 0.25) is 0 Å². The van der Waals surface area contributed by atoms with Gasteiger partial charge in [-0.3, -0.25) is 33.6 Å². The summed E-state index contributed by atoms with van der Waals surface area (Å²) < 4.78 is 5.06. The van der Waals surface area contributed by atoms with Crippen LogP contribution in [0.3, 0.4) is 0 Å². The molecule has 1 aromatic rings. The van der Waals surface area contributed by atoms with Crippen molar-refractivity contribution in [3.63, 3.8) is 0 Å². The molecule has 0 bridgehead atoms. The first kappa shape index (κ1) is 48.9. The van der Waals surface area contributed by atoms with Crippen molar-refractivity contribution in [3.05, 3.63) is 29.8 Å². The van der Waals surface area contributed by atoms with Crippen LogP contribution in [0.4, 0.5) is 10.5 Å². The van der Waals surface area contributed by atoms with Gasteiger partial charge in [0.2, 0.25) is 23.6 Å². The van der Waals surface area contributed by atoms with Crippen molar-refractivity contribution in [2.24, 2.45) is 11.7 Å². The van der Waals surface area contributed by atoms with E-state index in [2.05, 4.69) is 31.9 Å². The molecule has 2 unspecified atom stereocenters. The summed E-state index contributed by atoms with van der Waals surface area (Å²) >= 11 is 0. The Labute approximate surface area is 304 Å². The first-order valence-electron chi connectivity index (χ1n) is 17.0. The highest BCUT2D eigenvalue weighted by Gasteiger charge is 2.29. The number of esters is 1. The number of primary amides is 1. The van der Waals surface area contributed by atoms with E-state index in [0.717, 1.165) is 12.0 Å². The number of carbonyl (C=O) groups excluding carboxylic acids is 6. The molecule has 52 heavy (non-hydrogen) atoms. The molecule has 0 saturated heterocycles. The van der Waals surface area contributed by atoms with Gasteiger partial charge in [-0.15, -0.1) is 0 Å². The molecule has 1 rings (SSSR count). The van der Waals surface area contributed by atoms with Crippen molar-refractivity contribution >= 4 is 53.3 Å². The van der Waals surface area contributed by atoms with Gasteiger partial charge in [0.05, 0.1) is 13.1 Å². The third-order valence-electron chi connectivity index (χ3n) is 6.42. The summed E-state index contributed by atoms with van der Waals surface area (Å²) in [4.78, 5) is 91.9. The van der Waals surface area contributed by atoms with Crippen molar-refractivity contribution in [2.45, 2.75) is 105 Å². The number of aliphatic carboxylic acids is 2. The maximum atomic E-state index is 12.9. The topological polar surface area (TPSA) is 284 Å². The van der Waals surface area contributed by atoms with Gasteiger partial charge in [-0.25, -0.2) is 4.79 Å². The lowest BCUT2D eigenvalue weighted by atomic mass is 10.0. The van der Waals surface area contributed by atoms with Gasteiger partial charge in [-0.2, -0.15) is 0 Å². The van der Waals surface area contributed by atoms with Crippen molar-refractivity contribution in [1.82, 2.24) is 26.6 Å². The molecule has 0 heterocycles. The molecule has 0 aliphatic carbocycles. The van der Waals surface area contributed by atoms with Crippen LogP contribution < -0.4 is 37.6 Å². The lowest BCUT2D eigenvalue weighted by Crippen LogP contribution is -2.56. The van der Waals surface area contributed by atoms with Gasteiger partial charge in [0.25, 0.3) is 0 Å². The number of nitrogens with two attached hydrogens (primary N) is 1. The first-order valence-corrected chi connectivity index (χ1v) is 17.0. The zero-order chi connectivity index (χ0) is 40.2. The van der Waals surface area contributed by atoms with E-state index in [4.69, 9.17) is 20.7 Å². The smallest absolute Gasteiger partial charge is 0.312 e. The molecule has 6 amide bonds. The van der Waals surface area contributed by atoms with Crippen LogP contribution >= 0.6 is 0 Å². The molecule has 18 nitrogen and oxygen atoms in total. The number of anilines is 1. The second kappa shape index (κ2) is 28.4. The van der Waals surface area contributed by atoms with Crippen LogP contribution in [0.15, 0.2) is 24.3 Å². The zero-order valence-electron chi connectivity index (χ0n) is 31.1. The van der Waals surface area contributed by atoms with Crippen LogP contribution in [0, 0.1) is 5.92 Å². The van der Waals surface area contributed by atoms with Gasteiger partial charge >= 0.3 is 23.9 Å². The number of benzene rings is 1. The average molecular weight is 740 g/mol. The van der Waals surface area contributed by atoms with Crippen LogP contribution in [0.5, 0.6) is 0 Å². The predicted octanol–water partition coefficient (Wildman–Crippen LogP) is 1.23. The monoisotopic (exact) mass is 739 g/mol. The van der Waals surface area contributed by atoms with Gasteiger partial charge < -0.3 is 52.6 Å². The molecule has 18 heteroatoms. The van der Waals surface area contributed by atoms with Crippen molar-refractivity contribution < 1.29 is 53.3 Å². The Balaban J connectivity index is 0. The van der Waals surface area contributed by atoms with Gasteiger partial charge in [-0.05, 0) is 36.5 Å². The normalized spacial score (nSPS) is 11.2. The Morgan fingerprint density at radius 2 is 1.37 bits per heavy atom. The van der Waals surface area contributed by atoms with Crippen LogP contribution in [-0.4, -0.2) is 95.5 Å². The standard InChI is InChI=1S/C27H41N5O8.C4H10N2O.C3H6O2/c1-6-24(37)40-15-18-7-9-19(10-8-18)30-21(33)14-29-27(39)25(16(2)3)32-26(38)20(11-12-23(35)36)31-22(34)13-28-17(4)5;1-2-3-6-4(5)7;1-2-3(4)5/h7-10,16-17,20,25,28H,6,11-15H2,1-5H3,(H,29,39)(H,30,33)(H,31,34)(H,32,38)(H,35,36);2-3H2,1H3,(H3,5,6,7);2H2,1H3,(H,4,5). The zero-order valence-corrected chi connectivity index (χ0v) is 31.1. The van der Waals surface area contributed by atoms with Crippen molar-refractivity contribution in [1.29, 1.82) is 0 Å². The summed E-state index contributed by atoms with van der Waals surface area (Å²) in [5, 5.41) is 32.3. The Morgan fingerprint density at radius 3 is 1.81 bits per heavy atom. The summed E-state index contributed by atoms with van der Waals surface area (Å²) in [5.74, 6) is -4.88. The van der Waals surface area contributed by atoms with E-state index in [1.54, 1.807) is 52.0 Å². The summed E-state index contributed by atoms with van der Waals surface area (Å²) in [6, 6.07) is 4.04. The van der Waals surface area contributed by atoms with E-state index in [9.17, 15) is 38.4 Å². The minimum absolute atomic E-state index is 0.0275. The Bertz CT molecular complexity index is 1290. The number of carboxylic acids is 2. The summed E-state index contributed by atoms with van der Waals surface area (Å²) in [7, 11) is 0. The minimum atomic E-state index is -1.16. The fraction of sp³-hybridized carbons (Fsp3) is 0.588. The third-order valence-corrected chi connectivity index (χ3v) is 6.42. The number of urea groups is 1. The van der Waals surface area contributed by atoms with Gasteiger partial charge in [0, 0.05) is 37.5 Å². The number of amides is 6. The van der Waals surface area contributed by atoms with Gasteiger partial charge in [0.1, 0.15) is 18.7 Å². The SMILES string of the molecule is CCC(=O)O.CCC(=O)OCc1ccc(NC(=O)CNC(=O)C(NC(=O)C(CCC(=O)O)NC(=O)CNC(C)C)C(C)C)cc1.CCCNC(N)=O. The number of nitrogens with one attached hydrogen (secondary N) is 6. The van der Waals surface area contributed by atoms with Crippen molar-refractivity contribution in [2.75, 3.05) is 25.0 Å². The molecule has 1 aromatic carbocycles. The first-order chi connectivity index (χ1) is 24.4. The van der Waals surface area contributed by atoms with E-state index < -0.39 is 53.7 Å². The average Bonchev–Trinajstić information content (AvgIpc) is 3.09. The molecule has 0 aliphatic heterocycles. The number of hydrogen-bond acceptors (Lipinski definition) is 10. The summed E-state index contributed by atoms with van der Waals surface area (Å²) in [5.41, 5.74) is 5.95. The van der Waals surface area contributed by atoms with E-state index in [1.807, 2.05) is 20.8 Å². The number of rotatable bonds is 20. The van der Waals surface area contributed by atoms with Gasteiger partial charge in [0.15, 0.2) is 0 Å². The molecule has 0 fully saturated rings. The lowest BCUT2D eigenvalue weighted by molar-refractivity contribution is -0.144. The molecule has 0 aliphatic rings. The lowest BCUT2D eigenvalue weighted by Gasteiger charge is -2.25. The molecule has 2 atom stereocenters. The maximum absolute atomic E-state index is 12.9. The summed E-state index contributed by atoms with van der Waals surface area (Å²) in [6.07, 6.45) is 0.908. The Morgan fingerprint density at radius 1 is 0.769 bits per heavy atom. The van der Waals surface area contributed by atoms with Crippen LogP contribution in [-0.2, 0) is 44.9 Å². The molecule has 294 valence electrons. The second-order valence-electron chi connectivity index (χ2n) is 11.8. The fourth-order valence-corrected chi connectivity index (χ4v) is 3.55. The van der Waals surface area contributed by atoms with E-state index in [1.165, 1.54) is 0 Å². The number of carbonyl (C=O) groups is 8. The Kier molecular flexibility index (Phi) is 26.7. The largest absolute Gasteiger partial charge is 0.481 e. The highest BCUT2D eigenvalue weighted by Crippen LogP contribution is 2.11. The van der Waals surface area contributed by atoms with E-state index >= 15 is 0 Å². The quantitative estimate of drug-likeness (QED) is 0.0854. The number of hydrogen-bond donors (Lipinski definition) is 9. The Hall–Kier alpha value is -5.26. The van der Waals surface area contributed by atoms with E-state index in [-0.39, 0.29) is 63.3 Å². The minimum Gasteiger partial charge on any atom is -0.481 e. The highest BCUT2D eigenvalue weighted by molar-refractivity contribution is 5.97. The highest BCUT2D eigenvalue weighted by atomic mass is 16.5. The van der Waals surface area contributed by atoms with Gasteiger partial charge in [-0.1, -0.05) is 60.6 Å².